The lowest BCUT2D eigenvalue weighted by Crippen LogP contribution is -2.55. The van der Waals surface area contributed by atoms with Gasteiger partial charge in [0.1, 0.15) is 6.04 Å². The van der Waals surface area contributed by atoms with E-state index in [2.05, 4.69) is 18.7 Å². The zero-order valence-electron chi connectivity index (χ0n) is 9.82. The van der Waals surface area contributed by atoms with Crippen molar-refractivity contribution < 1.29 is 14.6 Å². The number of methoxy groups -OCH3 is 1. The van der Waals surface area contributed by atoms with Crippen molar-refractivity contribution in [1.82, 2.24) is 4.90 Å². The van der Waals surface area contributed by atoms with Crippen LogP contribution in [0.5, 0.6) is 0 Å². The molecule has 4 heteroatoms. The smallest absolute Gasteiger partial charge is 0.323 e. The van der Waals surface area contributed by atoms with Crippen molar-refractivity contribution in [2.75, 3.05) is 26.8 Å². The standard InChI is InChI=1S/C11H21NO3/c1-11(2,5-7-13)8-12-6-4-9(12)10(14)15-3/h9,13H,4-8H2,1-3H3. The third-order valence-electron chi connectivity index (χ3n) is 3.02. The van der Waals surface area contributed by atoms with Crippen molar-refractivity contribution in [2.45, 2.75) is 32.7 Å². The Morgan fingerprint density at radius 3 is 2.67 bits per heavy atom. The molecule has 4 nitrogen and oxygen atoms in total. The first kappa shape index (κ1) is 12.5. The Balaban J connectivity index is 2.42. The Morgan fingerprint density at radius 1 is 1.60 bits per heavy atom. The second-order valence-electron chi connectivity index (χ2n) is 4.94. The fourth-order valence-electron chi connectivity index (χ4n) is 1.96. The third-order valence-corrected chi connectivity index (χ3v) is 3.02. The molecule has 15 heavy (non-hydrogen) atoms. The van der Waals surface area contributed by atoms with Gasteiger partial charge in [0, 0.05) is 19.7 Å². The van der Waals surface area contributed by atoms with Crippen LogP contribution < -0.4 is 0 Å². The van der Waals surface area contributed by atoms with Crippen molar-refractivity contribution in [3.8, 4) is 0 Å². The van der Waals surface area contributed by atoms with Gasteiger partial charge in [0.15, 0.2) is 0 Å². The minimum Gasteiger partial charge on any atom is -0.468 e. The lowest BCUT2D eigenvalue weighted by Gasteiger charge is -2.43. The van der Waals surface area contributed by atoms with Gasteiger partial charge in [-0.15, -0.1) is 0 Å². The maximum absolute atomic E-state index is 11.3. The molecule has 1 aliphatic rings. The van der Waals surface area contributed by atoms with Crippen molar-refractivity contribution in [3.63, 3.8) is 0 Å². The second kappa shape index (κ2) is 4.94. The van der Waals surface area contributed by atoms with Crippen LogP contribution in [0.15, 0.2) is 0 Å². The van der Waals surface area contributed by atoms with Gasteiger partial charge in [-0.3, -0.25) is 9.69 Å². The molecule has 0 aliphatic carbocycles. The van der Waals surface area contributed by atoms with E-state index in [9.17, 15) is 4.79 Å². The van der Waals surface area contributed by atoms with Crippen molar-refractivity contribution >= 4 is 5.97 Å². The summed E-state index contributed by atoms with van der Waals surface area (Å²) in [5.41, 5.74) is 0.0570. The predicted molar refractivity (Wildman–Crippen MR) is 57.5 cm³/mol. The number of aliphatic hydroxyl groups is 1. The first-order valence-electron chi connectivity index (χ1n) is 5.43. The number of hydrogen-bond donors (Lipinski definition) is 1. The van der Waals surface area contributed by atoms with Gasteiger partial charge in [-0.2, -0.15) is 0 Å². The molecule has 88 valence electrons. The summed E-state index contributed by atoms with van der Waals surface area (Å²) >= 11 is 0. The molecule has 1 heterocycles. The van der Waals surface area contributed by atoms with Crippen LogP contribution in [0.4, 0.5) is 0 Å². The number of carbonyl (C=O) groups is 1. The molecule has 0 saturated carbocycles. The van der Waals surface area contributed by atoms with E-state index in [1.54, 1.807) is 0 Å². The molecule has 1 aliphatic heterocycles. The molecule has 1 N–H and O–H groups in total. The number of rotatable bonds is 5. The fraction of sp³-hybridized carbons (Fsp3) is 0.909. The van der Waals surface area contributed by atoms with Crippen LogP contribution in [0.2, 0.25) is 0 Å². The fourth-order valence-corrected chi connectivity index (χ4v) is 1.96. The summed E-state index contributed by atoms with van der Waals surface area (Å²) in [4.78, 5) is 13.5. The van der Waals surface area contributed by atoms with E-state index in [1.807, 2.05) is 0 Å². The van der Waals surface area contributed by atoms with Crippen LogP contribution in [0.25, 0.3) is 0 Å². The first-order valence-corrected chi connectivity index (χ1v) is 5.43. The van der Waals surface area contributed by atoms with Crippen LogP contribution in [0.1, 0.15) is 26.7 Å². The molecule has 0 radical (unpaired) electrons. The van der Waals surface area contributed by atoms with Gasteiger partial charge in [0.25, 0.3) is 0 Å². The highest BCUT2D eigenvalue weighted by molar-refractivity contribution is 5.76. The maximum Gasteiger partial charge on any atom is 0.323 e. The number of ether oxygens (including phenoxy) is 1. The Hall–Kier alpha value is -0.610. The molecule has 0 aromatic heterocycles. The van der Waals surface area contributed by atoms with E-state index in [-0.39, 0.29) is 24.0 Å². The van der Waals surface area contributed by atoms with E-state index in [0.29, 0.717) is 0 Å². The van der Waals surface area contributed by atoms with Gasteiger partial charge in [0.05, 0.1) is 7.11 Å². The minimum absolute atomic E-state index is 0.0570. The highest BCUT2D eigenvalue weighted by Crippen LogP contribution is 2.27. The quantitative estimate of drug-likeness (QED) is 0.684. The van der Waals surface area contributed by atoms with Crippen molar-refractivity contribution in [1.29, 1.82) is 0 Å². The number of likely N-dealkylation sites (tertiary alicyclic amines) is 1. The van der Waals surface area contributed by atoms with Gasteiger partial charge in [-0.05, 0) is 18.3 Å². The molecule has 1 rings (SSSR count). The molecule has 1 unspecified atom stereocenters. The number of aliphatic hydroxyl groups excluding tert-OH is 1. The summed E-state index contributed by atoms with van der Waals surface area (Å²) in [5, 5.41) is 8.92. The van der Waals surface area contributed by atoms with Crippen molar-refractivity contribution in [3.05, 3.63) is 0 Å². The number of hydrogen-bond acceptors (Lipinski definition) is 4. The summed E-state index contributed by atoms with van der Waals surface area (Å²) < 4.78 is 4.73. The van der Waals surface area contributed by atoms with Gasteiger partial charge in [0.2, 0.25) is 0 Å². The predicted octanol–water partition coefficient (Wildman–Crippen LogP) is 0.642. The van der Waals surface area contributed by atoms with Gasteiger partial charge < -0.3 is 9.84 Å². The van der Waals surface area contributed by atoms with Gasteiger partial charge in [-0.25, -0.2) is 0 Å². The number of esters is 1. The molecule has 1 fully saturated rings. The molecular formula is C11H21NO3. The minimum atomic E-state index is -0.138. The average Bonchev–Trinajstić information content (AvgIpc) is 2.12. The number of nitrogens with zero attached hydrogens (tertiary/aromatic N) is 1. The summed E-state index contributed by atoms with van der Waals surface area (Å²) in [7, 11) is 1.43. The Bertz CT molecular complexity index is 228. The normalized spacial score (nSPS) is 22.3. The molecule has 1 atom stereocenters. The summed E-state index contributed by atoms with van der Waals surface area (Å²) in [6.07, 6.45) is 1.65. The Morgan fingerprint density at radius 2 is 2.27 bits per heavy atom. The zero-order valence-corrected chi connectivity index (χ0v) is 9.82. The van der Waals surface area contributed by atoms with E-state index < -0.39 is 0 Å². The van der Waals surface area contributed by atoms with Crippen LogP contribution in [0, 0.1) is 5.41 Å². The zero-order chi connectivity index (χ0) is 11.5. The molecule has 1 saturated heterocycles. The van der Waals surface area contributed by atoms with E-state index in [1.165, 1.54) is 7.11 Å². The highest BCUT2D eigenvalue weighted by atomic mass is 16.5. The van der Waals surface area contributed by atoms with Crippen LogP contribution in [0.3, 0.4) is 0 Å². The lowest BCUT2D eigenvalue weighted by molar-refractivity contribution is -0.153. The largest absolute Gasteiger partial charge is 0.468 e. The average molecular weight is 215 g/mol. The van der Waals surface area contributed by atoms with Gasteiger partial charge in [-0.1, -0.05) is 13.8 Å². The highest BCUT2D eigenvalue weighted by Gasteiger charge is 2.37. The van der Waals surface area contributed by atoms with Crippen LogP contribution in [-0.2, 0) is 9.53 Å². The second-order valence-corrected chi connectivity index (χ2v) is 4.94. The van der Waals surface area contributed by atoms with Crippen LogP contribution >= 0.6 is 0 Å². The van der Waals surface area contributed by atoms with Crippen LogP contribution in [-0.4, -0.2) is 48.8 Å². The van der Waals surface area contributed by atoms with Gasteiger partial charge >= 0.3 is 5.97 Å². The maximum atomic E-state index is 11.3. The molecule has 0 spiro atoms. The molecule has 0 bridgehead atoms. The topological polar surface area (TPSA) is 49.8 Å². The van der Waals surface area contributed by atoms with E-state index in [0.717, 1.165) is 25.9 Å². The summed E-state index contributed by atoms with van der Waals surface area (Å²) in [6, 6.07) is -0.0621. The first-order chi connectivity index (χ1) is 7.00. The third kappa shape index (κ3) is 3.18. The molecule has 0 aromatic rings. The summed E-state index contributed by atoms with van der Waals surface area (Å²) in [5.74, 6) is -0.138. The Labute approximate surface area is 91.2 Å². The Kier molecular flexibility index (Phi) is 4.11. The lowest BCUT2D eigenvalue weighted by atomic mass is 9.86. The number of carbonyl (C=O) groups excluding carboxylic acids is 1. The SMILES string of the molecule is COC(=O)C1CCN1CC(C)(C)CCO. The van der Waals surface area contributed by atoms with E-state index in [4.69, 9.17) is 9.84 Å². The molecule has 0 aromatic carbocycles. The molecular weight excluding hydrogens is 194 g/mol. The van der Waals surface area contributed by atoms with E-state index >= 15 is 0 Å². The monoisotopic (exact) mass is 215 g/mol. The molecule has 0 amide bonds. The summed E-state index contributed by atoms with van der Waals surface area (Å²) in [6.45, 7) is 6.21. The van der Waals surface area contributed by atoms with Crippen molar-refractivity contribution in [2.24, 2.45) is 5.41 Å².